The van der Waals surface area contributed by atoms with Crippen LogP contribution in [0.25, 0.3) is 6.08 Å². The molecular formula is C25H24ClFN2O4S. The van der Waals surface area contributed by atoms with E-state index in [4.69, 9.17) is 16.3 Å². The standard InChI is InChI=1S/C25H24ClFN2O4S/c1-16-8-10-28(11-9-16)23(30)14-29-24(31)22(34-25(29)32)13-17-4-2-5-18(12-17)33-15-19-20(26)6-3-7-21(19)27/h2-7,12-13,16H,8-11,14-15H2,1H3/b22-13+. The van der Waals surface area contributed by atoms with Crippen molar-refractivity contribution < 1.29 is 23.5 Å². The van der Waals surface area contributed by atoms with E-state index in [-0.39, 0.29) is 34.6 Å². The van der Waals surface area contributed by atoms with Crippen molar-refractivity contribution in [2.75, 3.05) is 19.6 Å². The van der Waals surface area contributed by atoms with Gasteiger partial charge >= 0.3 is 0 Å². The van der Waals surface area contributed by atoms with Crippen LogP contribution >= 0.6 is 23.4 Å². The summed E-state index contributed by atoms with van der Waals surface area (Å²) < 4.78 is 19.7. The molecule has 2 aliphatic rings. The molecule has 0 bridgehead atoms. The number of amides is 3. The number of imide groups is 1. The number of piperidine rings is 1. The zero-order valence-corrected chi connectivity index (χ0v) is 20.2. The molecule has 0 unspecified atom stereocenters. The molecule has 0 saturated carbocycles. The molecule has 178 valence electrons. The van der Waals surface area contributed by atoms with Crippen molar-refractivity contribution in [1.29, 1.82) is 0 Å². The van der Waals surface area contributed by atoms with Gasteiger partial charge in [-0.25, -0.2) is 4.39 Å². The van der Waals surface area contributed by atoms with Crippen LogP contribution in [0.5, 0.6) is 5.75 Å². The van der Waals surface area contributed by atoms with Crippen molar-refractivity contribution in [2.45, 2.75) is 26.4 Å². The van der Waals surface area contributed by atoms with Gasteiger partial charge in [0.25, 0.3) is 11.1 Å². The molecule has 4 rings (SSSR count). The highest BCUT2D eigenvalue weighted by Gasteiger charge is 2.37. The molecule has 2 fully saturated rings. The average Bonchev–Trinajstić information content (AvgIpc) is 3.06. The minimum atomic E-state index is -0.488. The monoisotopic (exact) mass is 502 g/mol. The molecule has 34 heavy (non-hydrogen) atoms. The summed E-state index contributed by atoms with van der Waals surface area (Å²) in [6.07, 6.45) is 3.44. The van der Waals surface area contributed by atoms with Crippen molar-refractivity contribution in [3.05, 3.63) is 69.3 Å². The van der Waals surface area contributed by atoms with Gasteiger partial charge in [0.1, 0.15) is 24.7 Å². The molecule has 0 N–H and O–H groups in total. The van der Waals surface area contributed by atoms with E-state index < -0.39 is 17.0 Å². The fourth-order valence-electron chi connectivity index (χ4n) is 3.80. The number of halogens is 2. The molecule has 0 radical (unpaired) electrons. The molecule has 0 atom stereocenters. The second kappa shape index (κ2) is 10.6. The predicted octanol–water partition coefficient (Wildman–Crippen LogP) is 5.35. The van der Waals surface area contributed by atoms with E-state index in [1.165, 1.54) is 12.1 Å². The third-order valence-corrected chi connectivity index (χ3v) is 7.17. The van der Waals surface area contributed by atoms with Gasteiger partial charge in [0.15, 0.2) is 0 Å². The zero-order chi connectivity index (χ0) is 24.2. The molecule has 2 aromatic rings. The Hall–Kier alpha value is -2.84. The largest absolute Gasteiger partial charge is 0.489 e. The van der Waals surface area contributed by atoms with Crippen LogP contribution in [0.2, 0.25) is 5.02 Å². The maximum absolute atomic E-state index is 14.0. The number of ether oxygens (including phenoxy) is 1. The van der Waals surface area contributed by atoms with Crippen molar-refractivity contribution in [3.8, 4) is 5.75 Å². The summed E-state index contributed by atoms with van der Waals surface area (Å²) in [4.78, 5) is 40.8. The normalized spacial score (nSPS) is 18.1. The Balaban J connectivity index is 1.41. The second-order valence-corrected chi connectivity index (χ2v) is 9.79. The predicted molar refractivity (Wildman–Crippen MR) is 130 cm³/mol. The zero-order valence-electron chi connectivity index (χ0n) is 18.6. The van der Waals surface area contributed by atoms with E-state index in [9.17, 15) is 18.8 Å². The van der Waals surface area contributed by atoms with Gasteiger partial charge in [0.05, 0.1) is 9.93 Å². The third-order valence-electron chi connectivity index (χ3n) is 5.90. The molecule has 2 heterocycles. The van der Waals surface area contributed by atoms with Gasteiger partial charge in [-0.1, -0.05) is 36.7 Å². The van der Waals surface area contributed by atoms with Gasteiger partial charge in [-0.3, -0.25) is 19.3 Å². The Bertz CT molecular complexity index is 1130. The lowest BCUT2D eigenvalue weighted by Gasteiger charge is -2.31. The van der Waals surface area contributed by atoms with Crippen molar-refractivity contribution in [2.24, 2.45) is 5.92 Å². The topological polar surface area (TPSA) is 66.9 Å². The lowest BCUT2D eigenvalue weighted by atomic mass is 9.99. The molecule has 2 saturated heterocycles. The molecule has 0 spiro atoms. The van der Waals surface area contributed by atoms with Gasteiger partial charge in [-0.05, 0) is 66.4 Å². The Labute approximate surface area is 206 Å². The molecule has 0 aromatic heterocycles. The summed E-state index contributed by atoms with van der Waals surface area (Å²) >= 11 is 6.85. The smallest absolute Gasteiger partial charge is 0.294 e. The van der Waals surface area contributed by atoms with Gasteiger partial charge in [-0.15, -0.1) is 0 Å². The van der Waals surface area contributed by atoms with Crippen LogP contribution in [0, 0.1) is 11.7 Å². The van der Waals surface area contributed by atoms with Crippen molar-refractivity contribution in [1.82, 2.24) is 9.80 Å². The molecular weight excluding hydrogens is 479 g/mol. The third kappa shape index (κ3) is 5.62. The van der Waals surface area contributed by atoms with E-state index in [0.29, 0.717) is 30.3 Å². The number of hydrogen-bond acceptors (Lipinski definition) is 5. The quantitative estimate of drug-likeness (QED) is 0.498. The number of benzene rings is 2. The summed E-state index contributed by atoms with van der Waals surface area (Å²) in [5, 5.41) is -0.185. The first-order valence-corrected chi connectivity index (χ1v) is 12.2. The van der Waals surface area contributed by atoms with Crippen molar-refractivity contribution >= 4 is 46.5 Å². The van der Waals surface area contributed by atoms with Crippen LogP contribution < -0.4 is 4.74 Å². The van der Waals surface area contributed by atoms with Crippen LogP contribution in [0.1, 0.15) is 30.9 Å². The fourth-order valence-corrected chi connectivity index (χ4v) is 4.86. The molecule has 3 amide bonds. The Morgan fingerprint density at radius 1 is 1.21 bits per heavy atom. The molecule has 2 aliphatic heterocycles. The highest BCUT2D eigenvalue weighted by molar-refractivity contribution is 8.18. The molecule has 6 nitrogen and oxygen atoms in total. The minimum absolute atomic E-state index is 0.0527. The first kappa shape index (κ1) is 24.3. The first-order chi connectivity index (χ1) is 16.3. The summed E-state index contributed by atoms with van der Waals surface area (Å²) in [7, 11) is 0. The minimum Gasteiger partial charge on any atom is -0.489 e. The van der Waals surface area contributed by atoms with Crippen LogP contribution in [0.3, 0.4) is 0 Å². The summed E-state index contributed by atoms with van der Waals surface area (Å²) in [5.74, 6) is -0.115. The molecule has 2 aromatic carbocycles. The van der Waals surface area contributed by atoms with E-state index in [0.717, 1.165) is 29.5 Å². The van der Waals surface area contributed by atoms with E-state index >= 15 is 0 Å². The lowest BCUT2D eigenvalue weighted by molar-refractivity contribution is -0.136. The van der Waals surface area contributed by atoms with Crippen LogP contribution in [-0.4, -0.2) is 46.5 Å². The summed E-state index contributed by atoms with van der Waals surface area (Å²) in [5.41, 5.74) is 0.891. The highest BCUT2D eigenvalue weighted by atomic mass is 35.5. The Morgan fingerprint density at radius 3 is 2.68 bits per heavy atom. The lowest BCUT2D eigenvalue weighted by Crippen LogP contribution is -2.45. The van der Waals surface area contributed by atoms with Gasteiger partial charge < -0.3 is 9.64 Å². The van der Waals surface area contributed by atoms with Crippen LogP contribution in [-0.2, 0) is 16.2 Å². The molecule has 9 heteroatoms. The highest BCUT2D eigenvalue weighted by Crippen LogP contribution is 2.33. The van der Waals surface area contributed by atoms with Crippen LogP contribution in [0.4, 0.5) is 9.18 Å². The van der Waals surface area contributed by atoms with Gasteiger partial charge in [0.2, 0.25) is 5.91 Å². The number of carbonyl (C=O) groups is 3. The Morgan fingerprint density at radius 2 is 1.94 bits per heavy atom. The SMILES string of the molecule is CC1CCN(C(=O)CN2C(=O)S/C(=C/c3cccc(OCc4c(F)cccc4Cl)c3)C2=O)CC1. The van der Waals surface area contributed by atoms with E-state index in [1.807, 2.05) is 0 Å². The number of rotatable bonds is 6. The number of likely N-dealkylation sites (tertiary alicyclic amines) is 1. The van der Waals surface area contributed by atoms with Crippen LogP contribution in [0.15, 0.2) is 47.4 Å². The maximum Gasteiger partial charge on any atom is 0.294 e. The number of nitrogens with zero attached hydrogens (tertiary/aromatic N) is 2. The maximum atomic E-state index is 14.0. The first-order valence-electron chi connectivity index (χ1n) is 11.0. The Kier molecular flexibility index (Phi) is 7.58. The van der Waals surface area contributed by atoms with Crippen molar-refractivity contribution in [3.63, 3.8) is 0 Å². The second-order valence-electron chi connectivity index (χ2n) is 8.39. The number of thioether (sulfide) groups is 1. The van der Waals surface area contributed by atoms with Gasteiger partial charge in [0, 0.05) is 18.7 Å². The molecule has 0 aliphatic carbocycles. The van der Waals surface area contributed by atoms with E-state index in [1.54, 1.807) is 41.3 Å². The summed E-state index contributed by atoms with van der Waals surface area (Å²) in [6, 6.07) is 11.3. The number of hydrogen-bond donors (Lipinski definition) is 0. The van der Waals surface area contributed by atoms with Gasteiger partial charge in [-0.2, -0.15) is 0 Å². The number of carbonyl (C=O) groups excluding carboxylic acids is 3. The average molecular weight is 503 g/mol. The van der Waals surface area contributed by atoms with E-state index in [2.05, 4.69) is 6.92 Å². The fraction of sp³-hybridized carbons (Fsp3) is 0.320. The summed E-state index contributed by atoms with van der Waals surface area (Å²) in [6.45, 7) is 3.15.